The molecule has 0 fully saturated rings. The molecule has 0 aliphatic carbocycles. The largest absolute Gasteiger partial charge is 0.369 e. The number of pyridine rings is 2. The molecule has 174 valence electrons. The molecule has 2 aromatic carbocycles. The van der Waals surface area contributed by atoms with Gasteiger partial charge in [0.15, 0.2) is 0 Å². The maximum Gasteiger partial charge on any atom is 0.229 e. The summed E-state index contributed by atoms with van der Waals surface area (Å²) in [6.45, 7) is 0.433. The first-order valence-corrected chi connectivity index (χ1v) is 11.6. The van der Waals surface area contributed by atoms with Gasteiger partial charge in [0.1, 0.15) is 11.6 Å². The van der Waals surface area contributed by atoms with Gasteiger partial charge in [-0.1, -0.05) is 36.4 Å². The lowest BCUT2D eigenvalue weighted by Gasteiger charge is -2.20. The van der Waals surface area contributed by atoms with Crippen molar-refractivity contribution in [2.45, 2.75) is 12.3 Å². The SMILES string of the molecule is N#Cc1ccccc1-c1nc(NCCc2cccc(F)c2)c(C(C(N)=O)c2cccnc2)cc1Br. The molecule has 1 amide bonds. The monoisotopic (exact) mass is 529 g/mol. The van der Waals surface area contributed by atoms with Gasteiger partial charge in [0.05, 0.1) is 23.2 Å². The van der Waals surface area contributed by atoms with Crippen LogP contribution in [0.1, 0.15) is 28.2 Å². The predicted octanol–water partition coefficient (Wildman–Crippen LogP) is 5.19. The average molecular weight is 530 g/mol. The number of aromatic nitrogens is 2. The van der Waals surface area contributed by atoms with E-state index in [2.05, 4.69) is 32.3 Å². The highest BCUT2D eigenvalue weighted by Crippen LogP contribution is 2.37. The molecule has 0 bridgehead atoms. The fourth-order valence-electron chi connectivity index (χ4n) is 3.90. The summed E-state index contributed by atoms with van der Waals surface area (Å²) in [5, 5.41) is 12.9. The number of carbonyl (C=O) groups excluding carboxylic acids is 1. The number of nitrogens with one attached hydrogen (secondary N) is 1. The van der Waals surface area contributed by atoms with Crippen molar-refractivity contribution in [3.8, 4) is 17.3 Å². The van der Waals surface area contributed by atoms with Crippen molar-refractivity contribution in [3.63, 3.8) is 0 Å². The number of benzene rings is 2. The van der Waals surface area contributed by atoms with E-state index in [-0.39, 0.29) is 5.82 Å². The Balaban J connectivity index is 1.79. The number of nitrogens with two attached hydrogens (primary N) is 1. The van der Waals surface area contributed by atoms with Crippen molar-refractivity contribution in [3.05, 3.63) is 112 Å². The zero-order valence-electron chi connectivity index (χ0n) is 18.6. The second kappa shape index (κ2) is 10.9. The van der Waals surface area contributed by atoms with Crippen molar-refractivity contribution in [2.24, 2.45) is 5.73 Å². The van der Waals surface area contributed by atoms with Gasteiger partial charge >= 0.3 is 0 Å². The molecule has 0 saturated carbocycles. The molecule has 0 aliphatic heterocycles. The highest BCUT2D eigenvalue weighted by atomic mass is 79.9. The van der Waals surface area contributed by atoms with Crippen molar-refractivity contribution >= 4 is 27.7 Å². The molecule has 4 aromatic rings. The summed E-state index contributed by atoms with van der Waals surface area (Å²) in [6, 6.07) is 21.0. The van der Waals surface area contributed by atoms with Gasteiger partial charge in [-0.15, -0.1) is 0 Å². The number of rotatable bonds is 8. The minimum Gasteiger partial charge on any atom is -0.369 e. The van der Waals surface area contributed by atoms with Gasteiger partial charge in [0, 0.05) is 34.5 Å². The number of amides is 1. The number of nitrogens with zero attached hydrogens (tertiary/aromatic N) is 3. The third kappa shape index (κ3) is 5.53. The highest BCUT2D eigenvalue weighted by Gasteiger charge is 2.26. The number of hydrogen-bond donors (Lipinski definition) is 2. The molecule has 2 aromatic heterocycles. The van der Waals surface area contributed by atoms with Crippen LogP contribution in [-0.2, 0) is 11.2 Å². The number of halogens is 2. The van der Waals surface area contributed by atoms with Crippen LogP contribution in [0.15, 0.2) is 83.6 Å². The molecule has 2 heterocycles. The van der Waals surface area contributed by atoms with E-state index in [1.54, 1.807) is 48.8 Å². The first kappa shape index (κ1) is 24.0. The molecule has 0 radical (unpaired) electrons. The van der Waals surface area contributed by atoms with E-state index in [0.717, 1.165) is 5.56 Å². The van der Waals surface area contributed by atoms with Gasteiger partial charge in [-0.05, 0) is 63.8 Å². The molecule has 4 rings (SSSR count). The summed E-state index contributed by atoms with van der Waals surface area (Å²) in [5.74, 6) is -1.21. The molecule has 35 heavy (non-hydrogen) atoms. The lowest BCUT2D eigenvalue weighted by molar-refractivity contribution is -0.118. The van der Waals surface area contributed by atoms with Crippen molar-refractivity contribution in [2.75, 3.05) is 11.9 Å². The molecular weight excluding hydrogens is 509 g/mol. The van der Waals surface area contributed by atoms with E-state index in [1.807, 2.05) is 18.2 Å². The van der Waals surface area contributed by atoms with Crippen molar-refractivity contribution < 1.29 is 9.18 Å². The van der Waals surface area contributed by atoms with Crippen LogP contribution >= 0.6 is 15.9 Å². The van der Waals surface area contributed by atoms with E-state index in [0.29, 0.717) is 51.2 Å². The number of primary amides is 1. The third-order valence-electron chi connectivity index (χ3n) is 5.52. The van der Waals surface area contributed by atoms with Crippen LogP contribution in [-0.4, -0.2) is 22.4 Å². The predicted molar refractivity (Wildman–Crippen MR) is 136 cm³/mol. The minimum absolute atomic E-state index is 0.300. The van der Waals surface area contributed by atoms with E-state index in [4.69, 9.17) is 10.7 Å². The Hall–Kier alpha value is -4.09. The first-order chi connectivity index (χ1) is 17.0. The van der Waals surface area contributed by atoms with Gasteiger partial charge < -0.3 is 11.1 Å². The maximum absolute atomic E-state index is 13.6. The quantitative estimate of drug-likeness (QED) is 0.326. The Morgan fingerprint density at radius 3 is 2.69 bits per heavy atom. The summed E-state index contributed by atoms with van der Waals surface area (Å²) >= 11 is 3.58. The smallest absolute Gasteiger partial charge is 0.229 e. The average Bonchev–Trinajstić information content (AvgIpc) is 2.86. The molecule has 1 atom stereocenters. The summed E-state index contributed by atoms with van der Waals surface area (Å²) in [5.41, 5.74) is 9.52. The zero-order chi connectivity index (χ0) is 24.8. The van der Waals surface area contributed by atoms with Gasteiger partial charge in [0.25, 0.3) is 0 Å². The molecule has 0 saturated heterocycles. The van der Waals surface area contributed by atoms with E-state index < -0.39 is 11.8 Å². The Morgan fingerprint density at radius 2 is 1.97 bits per heavy atom. The highest BCUT2D eigenvalue weighted by molar-refractivity contribution is 9.10. The number of carbonyl (C=O) groups is 1. The van der Waals surface area contributed by atoms with Crippen LogP contribution in [0.3, 0.4) is 0 Å². The Morgan fingerprint density at radius 1 is 1.14 bits per heavy atom. The van der Waals surface area contributed by atoms with Crippen LogP contribution < -0.4 is 11.1 Å². The molecule has 8 heteroatoms. The molecule has 3 N–H and O–H groups in total. The Kier molecular flexibility index (Phi) is 7.48. The van der Waals surface area contributed by atoms with Crippen LogP contribution in [0.2, 0.25) is 0 Å². The lowest BCUT2D eigenvalue weighted by Crippen LogP contribution is -2.24. The molecule has 0 spiro atoms. The fourth-order valence-corrected chi connectivity index (χ4v) is 4.45. The summed E-state index contributed by atoms with van der Waals surface area (Å²) in [7, 11) is 0. The molecular formula is C27H21BrFN5O. The second-order valence-electron chi connectivity index (χ2n) is 7.84. The van der Waals surface area contributed by atoms with Gasteiger partial charge in [-0.25, -0.2) is 9.37 Å². The number of hydrogen-bond acceptors (Lipinski definition) is 5. The van der Waals surface area contributed by atoms with Gasteiger partial charge in [-0.3, -0.25) is 9.78 Å². The van der Waals surface area contributed by atoms with Crippen LogP contribution in [0, 0.1) is 17.1 Å². The number of anilines is 1. The van der Waals surface area contributed by atoms with Crippen LogP contribution in [0.25, 0.3) is 11.3 Å². The van der Waals surface area contributed by atoms with E-state index in [1.165, 1.54) is 12.1 Å². The zero-order valence-corrected chi connectivity index (χ0v) is 20.2. The lowest BCUT2D eigenvalue weighted by atomic mass is 9.91. The summed E-state index contributed by atoms with van der Waals surface area (Å²) in [4.78, 5) is 21.5. The first-order valence-electron chi connectivity index (χ1n) is 10.9. The standard InChI is InChI=1S/C27H21BrFN5O/c28-23-14-22(24(26(31)35)19-7-4-11-32-16-19)27(33-12-10-17-5-3-8-20(29)13-17)34-25(23)21-9-2-1-6-18(21)15-30/h1-9,11,13-14,16,24H,10,12H2,(H2,31,35)(H,33,34). The van der Waals surface area contributed by atoms with Crippen molar-refractivity contribution in [1.82, 2.24) is 9.97 Å². The van der Waals surface area contributed by atoms with Crippen molar-refractivity contribution in [1.29, 1.82) is 5.26 Å². The maximum atomic E-state index is 13.6. The second-order valence-corrected chi connectivity index (χ2v) is 8.70. The topological polar surface area (TPSA) is 105 Å². The molecule has 0 aliphatic rings. The van der Waals surface area contributed by atoms with Crippen LogP contribution in [0.4, 0.5) is 10.2 Å². The Bertz CT molecular complexity index is 1400. The molecule has 6 nitrogen and oxygen atoms in total. The van der Waals surface area contributed by atoms with E-state index >= 15 is 0 Å². The van der Waals surface area contributed by atoms with E-state index in [9.17, 15) is 14.4 Å². The summed E-state index contributed by atoms with van der Waals surface area (Å²) < 4.78 is 14.2. The fraction of sp³-hybridized carbons (Fsp3) is 0.111. The van der Waals surface area contributed by atoms with Crippen LogP contribution in [0.5, 0.6) is 0 Å². The Labute approximate surface area is 210 Å². The normalized spacial score (nSPS) is 11.5. The van der Waals surface area contributed by atoms with Gasteiger partial charge in [0.2, 0.25) is 5.91 Å². The minimum atomic E-state index is -0.801. The third-order valence-corrected chi connectivity index (χ3v) is 6.12. The molecule has 1 unspecified atom stereocenters. The van der Waals surface area contributed by atoms with Gasteiger partial charge in [-0.2, -0.15) is 5.26 Å². The number of nitriles is 1. The summed E-state index contributed by atoms with van der Waals surface area (Å²) in [6.07, 6.45) is 3.75.